The van der Waals surface area contributed by atoms with Crippen LogP contribution in [0.2, 0.25) is 0 Å². The fraction of sp³-hybridized carbons (Fsp3) is 0.182. The topological polar surface area (TPSA) is 51.1 Å². The van der Waals surface area contributed by atoms with Gasteiger partial charge in [0.15, 0.2) is 0 Å². The largest absolute Gasteiger partial charge is 0.418 e. The Hall–Kier alpha value is -3.35. The third kappa shape index (κ3) is 4.56. The number of amides is 1. The lowest BCUT2D eigenvalue weighted by Crippen LogP contribution is -2.29. The van der Waals surface area contributed by atoms with Gasteiger partial charge in [0.05, 0.1) is 17.8 Å². The second kappa shape index (κ2) is 7.95. The summed E-state index contributed by atoms with van der Waals surface area (Å²) in [6, 6.07) is 13.3. The smallest absolute Gasteiger partial charge is 0.321 e. The first-order valence-electron chi connectivity index (χ1n) is 8.90. The van der Waals surface area contributed by atoms with Gasteiger partial charge in [-0.3, -0.25) is 9.59 Å². The molecule has 150 valence electrons. The number of nitrogens with zero attached hydrogens (tertiary/aromatic N) is 1. The molecule has 0 saturated carbocycles. The van der Waals surface area contributed by atoms with Gasteiger partial charge in [-0.2, -0.15) is 13.2 Å². The van der Waals surface area contributed by atoms with Crippen molar-refractivity contribution in [1.29, 1.82) is 0 Å². The number of aromatic nitrogens is 1. The van der Waals surface area contributed by atoms with E-state index in [9.17, 15) is 22.8 Å². The normalized spacial score (nSPS) is 11.3. The van der Waals surface area contributed by atoms with E-state index in [-0.39, 0.29) is 12.1 Å². The zero-order chi connectivity index (χ0) is 21.2. The number of pyridine rings is 1. The molecule has 0 aliphatic rings. The van der Waals surface area contributed by atoms with Crippen molar-refractivity contribution in [2.24, 2.45) is 0 Å². The fourth-order valence-corrected chi connectivity index (χ4v) is 3.02. The lowest BCUT2D eigenvalue weighted by Gasteiger charge is -2.14. The Balaban J connectivity index is 1.91. The first-order chi connectivity index (χ1) is 13.7. The van der Waals surface area contributed by atoms with Crippen molar-refractivity contribution >= 4 is 11.6 Å². The van der Waals surface area contributed by atoms with Gasteiger partial charge in [-0.05, 0) is 49.2 Å². The number of carbonyl (C=O) groups excluding carboxylic acids is 1. The van der Waals surface area contributed by atoms with Gasteiger partial charge < -0.3 is 9.88 Å². The molecule has 0 fully saturated rings. The summed E-state index contributed by atoms with van der Waals surface area (Å²) in [5.74, 6) is -0.887. The number of anilines is 1. The van der Waals surface area contributed by atoms with Crippen LogP contribution in [0, 0.1) is 13.8 Å². The van der Waals surface area contributed by atoms with Gasteiger partial charge in [-0.25, -0.2) is 0 Å². The molecule has 1 N–H and O–H groups in total. The van der Waals surface area contributed by atoms with Crippen LogP contribution in [0.3, 0.4) is 0 Å². The molecule has 29 heavy (non-hydrogen) atoms. The Kier molecular flexibility index (Phi) is 5.59. The quantitative estimate of drug-likeness (QED) is 0.685. The average molecular weight is 400 g/mol. The van der Waals surface area contributed by atoms with E-state index in [0.29, 0.717) is 0 Å². The third-order valence-electron chi connectivity index (χ3n) is 4.59. The molecule has 3 aromatic rings. The zero-order valence-corrected chi connectivity index (χ0v) is 15.9. The van der Waals surface area contributed by atoms with Crippen LogP contribution < -0.4 is 10.9 Å². The highest BCUT2D eigenvalue weighted by Gasteiger charge is 2.33. The van der Waals surface area contributed by atoms with Gasteiger partial charge in [0.1, 0.15) is 5.56 Å². The van der Waals surface area contributed by atoms with Gasteiger partial charge in [-0.15, -0.1) is 0 Å². The van der Waals surface area contributed by atoms with Gasteiger partial charge in [0, 0.05) is 6.20 Å². The molecule has 2 aromatic carbocycles. The number of nitrogens with one attached hydrogen (secondary N) is 1. The first kappa shape index (κ1) is 20.4. The van der Waals surface area contributed by atoms with Crippen LogP contribution in [0.1, 0.15) is 32.6 Å². The van der Waals surface area contributed by atoms with Crippen LogP contribution in [0.5, 0.6) is 0 Å². The summed E-state index contributed by atoms with van der Waals surface area (Å²) in [5, 5.41) is 2.21. The second-order valence-corrected chi connectivity index (χ2v) is 6.78. The zero-order valence-electron chi connectivity index (χ0n) is 15.9. The summed E-state index contributed by atoms with van der Waals surface area (Å²) < 4.78 is 40.8. The van der Waals surface area contributed by atoms with E-state index in [4.69, 9.17) is 0 Å². The molecule has 1 aromatic heterocycles. The average Bonchev–Trinajstić information content (AvgIpc) is 2.66. The minimum Gasteiger partial charge on any atom is -0.321 e. The maximum atomic E-state index is 13.1. The maximum absolute atomic E-state index is 13.1. The number of benzene rings is 2. The van der Waals surface area contributed by atoms with Crippen molar-refractivity contribution in [3.8, 4) is 0 Å². The van der Waals surface area contributed by atoms with Crippen LogP contribution >= 0.6 is 0 Å². The van der Waals surface area contributed by atoms with Crippen LogP contribution in [-0.2, 0) is 12.7 Å². The summed E-state index contributed by atoms with van der Waals surface area (Å²) in [6.07, 6.45) is -3.08. The van der Waals surface area contributed by atoms with Gasteiger partial charge >= 0.3 is 6.18 Å². The van der Waals surface area contributed by atoms with Gasteiger partial charge in [0.25, 0.3) is 11.5 Å². The summed E-state index contributed by atoms with van der Waals surface area (Å²) in [6.45, 7) is 4.12. The Morgan fingerprint density at radius 3 is 2.48 bits per heavy atom. The molecule has 0 spiro atoms. The number of carbonyl (C=O) groups is 1. The van der Waals surface area contributed by atoms with Crippen molar-refractivity contribution in [2.45, 2.75) is 26.6 Å². The molecule has 1 amide bonds. The summed E-state index contributed by atoms with van der Waals surface area (Å²) in [7, 11) is 0. The standard InChI is InChI=1S/C22H19F3N2O2/c1-14-9-10-15(2)16(12-14)13-27-11-5-6-17(21(27)29)20(28)26-19-8-4-3-7-18(19)22(23,24)25/h3-12H,13H2,1-2H3,(H,26,28). The third-order valence-corrected chi connectivity index (χ3v) is 4.59. The molecule has 0 atom stereocenters. The highest BCUT2D eigenvalue weighted by molar-refractivity contribution is 6.04. The molecule has 0 aliphatic carbocycles. The van der Waals surface area contributed by atoms with E-state index in [1.807, 2.05) is 32.0 Å². The van der Waals surface area contributed by atoms with Crippen molar-refractivity contribution in [3.63, 3.8) is 0 Å². The molecule has 0 bridgehead atoms. The first-order valence-corrected chi connectivity index (χ1v) is 8.90. The van der Waals surface area contributed by atoms with Gasteiger partial charge in [0.2, 0.25) is 0 Å². The maximum Gasteiger partial charge on any atom is 0.418 e. The van der Waals surface area contributed by atoms with Crippen molar-refractivity contribution < 1.29 is 18.0 Å². The Labute approximate surface area is 165 Å². The van der Waals surface area contributed by atoms with Crippen molar-refractivity contribution in [2.75, 3.05) is 5.32 Å². The molecule has 0 unspecified atom stereocenters. The highest BCUT2D eigenvalue weighted by Crippen LogP contribution is 2.34. The second-order valence-electron chi connectivity index (χ2n) is 6.78. The lowest BCUT2D eigenvalue weighted by atomic mass is 10.1. The predicted octanol–water partition coefficient (Wildman–Crippen LogP) is 4.78. The lowest BCUT2D eigenvalue weighted by molar-refractivity contribution is -0.136. The summed E-state index contributed by atoms with van der Waals surface area (Å²) in [4.78, 5) is 25.3. The molecule has 1 heterocycles. The predicted molar refractivity (Wildman–Crippen MR) is 105 cm³/mol. The van der Waals surface area contributed by atoms with E-state index < -0.39 is 28.9 Å². The molecular formula is C22H19F3N2O2. The number of para-hydroxylation sites is 1. The van der Waals surface area contributed by atoms with E-state index in [1.165, 1.54) is 28.8 Å². The monoisotopic (exact) mass is 400 g/mol. The van der Waals surface area contributed by atoms with E-state index in [1.54, 1.807) is 6.20 Å². The molecule has 7 heteroatoms. The molecule has 0 radical (unpaired) electrons. The van der Waals surface area contributed by atoms with Crippen LogP contribution in [0.4, 0.5) is 18.9 Å². The molecular weight excluding hydrogens is 381 g/mol. The van der Waals surface area contributed by atoms with Crippen molar-refractivity contribution in [3.05, 3.63) is 99.0 Å². The van der Waals surface area contributed by atoms with Crippen molar-refractivity contribution in [1.82, 2.24) is 4.57 Å². The summed E-state index contributed by atoms with van der Waals surface area (Å²) >= 11 is 0. The van der Waals surface area contributed by atoms with Crippen LogP contribution in [0.15, 0.2) is 65.6 Å². The van der Waals surface area contributed by atoms with Gasteiger partial charge in [-0.1, -0.05) is 35.9 Å². The molecule has 0 aliphatic heterocycles. The SMILES string of the molecule is Cc1ccc(C)c(Cn2cccc(C(=O)Nc3ccccc3C(F)(F)F)c2=O)c1. The minimum absolute atomic E-state index is 0.227. The Morgan fingerprint density at radius 1 is 1.03 bits per heavy atom. The van der Waals surface area contributed by atoms with E-state index in [0.717, 1.165) is 28.8 Å². The minimum atomic E-state index is -4.62. The summed E-state index contributed by atoms with van der Waals surface area (Å²) in [5.41, 5.74) is 0.791. The number of hydrogen-bond acceptors (Lipinski definition) is 2. The van der Waals surface area contributed by atoms with E-state index in [2.05, 4.69) is 5.32 Å². The number of alkyl halides is 3. The fourth-order valence-electron chi connectivity index (χ4n) is 3.02. The highest BCUT2D eigenvalue weighted by atomic mass is 19.4. The van der Waals surface area contributed by atoms with E-state index >= 15 is 0 Å². The number of aryl methyl sites for hydroxylation is 2. The molecule has 4 nitrogen and oxygen atoms in total. The molecule has 0 saturated heterocycles. The Bertz CT molecular complexity index is 1120. The number of rotatable bonds is 4. The number of halogens is 3. The number of hydrogen-bond donors (Lipinski definition) is 1. The Morgan fingerprint density at radius 2 is 1.76 bits per heavy atom. The molecule has 3 rings (SSSR count). The van der Waals surface area contributed by atoms with Crippen LogP contribution in [-0.4, -0.2) is 10.5 Å². The van der Waals surface area contributed by atoms with Crippen LogP contribution in [0.25, 0.3) is 0 Å².